The normalized spacial score (nSPS) is 21.6. The van der Waals surface area contributed by atoms with Crippen LogP contribution in [-0.4, -0.2) is 29.1 Å². The fourth-order valence-electron chi connectivity index (χ4n) is 3.43. The van der Waals surface area contributed by atoms with Crippen molar-refractivity contribution in [2.45, 2.75) is 58.0 Å². The van der Waals surface area contributed by atoms with Crippen LogP contribution < -0.4 is 4.74 Å². The Morgan fingerprint density at radius 1 is 1.05 bits per heavy atom. The van der Waals surface area contributed by atoms with E-state index in [0.717, 1.165) is 18.9 Å². The van der Waals surface area contributed by atoms with E-state index in [9.17, 15) is 0 Å². The molecule has 112 valence electrons. The Morgan fingerprint density at radius 2 is 1.60 bits per heavy atom. The summed E-state index contributed by atoms with van der Waals surface area (Å²) in [5, 5.41) is 0. The number of ether oxygens (including phenoxy) is 1. The highest BCUT2D eigenvalue weighted by atomic mass is 127. The van der Waals surface area contributed by atoms with Gasteiger partial charge in [-0.3, -0.25) is 4.90 Å². The fourth-order valence-corrected chi connectivity index (χ4v) is 3.79. The van der Waals surface area contributed by atoms with Crippen molar-refractivity contribution in [3.8, 4) is 5.75 Å². The molecule has 0 aliphatic carbocycles. The molecule has 0 amide bonds. The molecule has 0 atom stereocenters. The highest BCUT2D eigenvalue weighted by Crippen LogP contribution is 2.37. The summed E-state index contributed by atoms with van der Waals surface area (Å²) in [6.07, 6.45) is 3.88. The van der Waals surface area contributed by atoms with Crippen LogP contribution in [0.2, 0.25) is 0 Å². The summed E-state index contributed by atoms with van der Waals surface area (Å²) >= 11 is 2.31. The molecule has 0 unspecified atom stereocenters. The van der Waals surface area contributed by atoms with Crippen LogP contribution in [0.1, 0.15) is 47.0 Å². The van der Waals surface area contributed by atoms with Gasteiger partial charge in [0.05, 0.1) is 0 Å². The third kappa shape index (κ3) is 3.88. The lowest BCUT2D eigenvalue weighted by atomic mass is 9.80. The van der Waals surface area contributed by atoms with Gasteiger partial charge in [-0.05, 0) is 93.8 Å². The minimum Gasteiger partial charge on any atom is -0.492 e. The van der Waals surface area contributed by atoms with Crippen LogP contribution in [0.5, 0.6) is 5.75 Å². The molecule has 1 heterocycles. The summed E-state index contributed by atoms with van der Waals surface area (Å²) in [6, 6.07) is 8.28. The molecule has 0 bridgehead atoms. The molecule has 1 fully saturated rings. The van der Waals surface area contributed by atoms with Gasteiger partial charge in [0.2, 0.25) is 0 Å². The topological polar surface area (TPSA) is 12.5 Å². The van der Waals surface area contributed by atoms with Crippen LogP contribution in [0.25, 0.3) is 0 Å². The average molecular weight is 387 g/mol. The van der Waals surface area contributed by atoms with E-state index in [0.29, 0.717) is 0 Å². The molecule has 0 spiro atoms. The largest absolute Gasteiger partial charge is 0.492 e. The van der Waals surface area contributed by atoms with Gasteiger partial charge in [-0.25, -0.2) is 0 Å². The van der Waals surface area contributed by atoms with E-state index in [-0.39, 0.29) is 11.1 Å². The molecular formula is C17H26INO. The van der Waals surface area contributed by atoms with Gasteiger partial charge >= 0.3 is 0 Å². The molecule has 0 N–H and O–H groups in total. The third-order valence-corrected chi connectivity index (χ3v) is 5.15. The zero-order valence-corrected chi connectivity index (χ0v) is 15.2. The van der Waals surface area contributed by atoms with Crippen LogP contribution in [0.4, 0.5) is 0 Å². The van der Waals surface area contributed by atoms with Crippen molar-refractivity contribution in [1.29, 1.82) is 0 Å². The van der Waals surface area contributed by atoms with E-state index in [1.807, 2.05) is 12.1 Å². The summed E-state index contributed by atoms with van der Waals surface area (Å²) in [7, 11) is 0. The lowest BCUT2D eigenvalue weighted by Gasteiger charge is -2.53. The zero-order chi connectivity index (χ0) is 14.8. The number of likely N-dealkylation sites (tertiary alicyclic amines) is 1. The predicted molar refractivity (Wildman–Crippen MR) is 93.4 cm³/mol. The van der Waals surface area contributed by atoms with Crippen molar-refractivity contribution in [1.82, 2.24) is 4.90 Å². The number of halogens is 1. The van der Waals surface area contributed by atoms with E-state index >= 15 is 0 Å². The molecule has 1 saturated heterocycles. The van der Waals surface area contributed by atoms with Gasteiger partial charge in [-0.2, -0.15) is 0 Å². The lowest BCUT2D eigenvalue weighted by molar-refractivity contribution is -0.0340. The quantitative estimate of drug-likeness (QED) is 0.694. The van der Waals surface area contributed by atoms with Gasteiger partial charge < -0.3 is 4.74 Å². The maximum Gasteiger partial charge on any atom is 0.119 e. The molecule has 1 aliphatic rings. The molecule has 2 nitrogen and oxygen atoms in total. The van der Waals surface area contributed by atoms with Crippen LogP contribution in [0, 0.1) is 3.57 Å². The van der Waals surface area contributed by atoms with Crippen molar-refractivity contribution in [2.75, 3.05) is 13.2 Å². The number of nitrogens with zero attached hydrogens (tertiary/aromatic N) is 1. The first-order valence-corrected chi connectivity index (χ1v) is 8.55. The summed E-state index contributed by atoms with van der Waals surface area (Å²) < 4.78 is 7.15. The molecule has 1 aromatic carbocycles. The fraction of sp³-hybridized carbons (Fsp3) is 0.647. The summed E-state index contributed by atoms with van der Waals surface area (Å²) in [5.74, 6) is 0.970. The molecule has 2 rings (SSSR count). The smallest absolute Gasteiger partial charge is 0.119 e. The molecular weight excluding hydrogens is 361 g/mol. The molecule has 0 aromatic heterocycles. The van der Waals surface area contributed by atoms with Crippen LogP contribution in [0.15, 0.2) is 24.3 Å². The monoisotopic (exact) mass is 387 g/mol. The van der Waals surface area contributed by atoms with E-state index in [4.69, 9.17) is 4.74 Å². The Kier molecular flexibility index (Phi) is 5.00. The van der Waals surface area contributed by atoms with Gasteiger partial charge in [-0.15, -0.1) is 0 Å². The lowest BCUT2D eigenvalue weighted by Crippen LogP contribution is -2.59. The number of hydrogen-bond acceptors (Lipinski definition) is 2. The summed E-state index contributed by atoms with van der Waals surface area (Å²) in [5.41, 5.74) is 0.550. The zero-order valence-electron chi connectivity index (χ0n) is 13.1. The van der Waals surface area contributed by atoms with Gasteiger partial charge in [0.1, 0.15) is 12.4 Å². The van der Waals surface area contributed by atoms with Crippen molar-refractivity contribution in [3.05, 3.63) is 27.8 Å². The molecule has 0 saturated carbocycles. The number of benzene rings is 1. The van der Waals surface area contributed by atoms with Crippen LogP contribution in [-0.2, 0) is 0 Å². The molecule has 1 aliphatic heterocycles. The second-order valence-electron chi connectivity index (χ2n) is 6.93. The molecule has 1 aromatic rings. The SMILES string of the molecule is CC1(C)CCCC(C)(C)N1CCOc1ccc(I)cc1. The number of rotatable bonds is 4. The molecule has 3 heteroatoms. The maximum absolute atomic E-state index is 5.91. The van der Waals surface area contributed by atoms with E-state index in [2.05, 4.69) is 67.3 Å². The van der Waals surface area contributed by atoms with Gasteiger partial charge in [0.15, 0.2) is 0 Å². The first kappa shape index (κ1) is 16.1. The maximum atomic E-state index is 5.91. The summed E-state index contributed by atoms with van der Waals surface area (Å²) in [6.45, 7) is 11.2. The van der Waals surface area contributed by atoms with Gasteiger partial charge in [0.25, 0.3) is 0 Å². The Morgan fingerprint density at radius 3 is 2.15 bits per heavy atom. The predicted octanol–water partition coefficient (Wildman–Crippen LogP) is 4.71. The standard InChI is InChI=1S/C17H26INO/c1-16(2)10-5-11-17(3,4)19(16)12-13-20-15-8-6-14(18)7-9-15/h6-9H,5,10-13H2,1-4H3. The average Bonchev–Trinajstić information content (AvgIpc) is 2.34. The van der Waals surface area contributed by atoms with E-state index in [1.165, 1.54) is 22.8 Å². The van der Waals surface area contributed by atoms with Crippen molar-refractivity contribution >= 4 is 22.6 Å². The Balaban J connectivity index is 1.93. The highest BCUT2D eigenvalue weighted by molar-refractivity contribution is 14.1. The van der Waals surface area contributed by atoms with E-state index < -0.39 is 0 Å². The molecule has 20 heavy (non-hydrogen) atoms. The van der Waals surface area contributed by atoms with Crippen molar-refractivity contribution < 1.29 is 4.74 Å². The van der Waals surface area contributed by atoms with Crippen LogP contribution >= 0.6 is 22.6 Å². The number of piperidine rings is 1. The second-order valence-corrected chi connectivity index (χ2v) is 8.18. The third-order valence-electron chi connectivity index (χ3n) is 4.44. The van der Waals surface area contributed by atoms with E-state index in [1.54, 1.807) is 0 Å². The first-order valence-electron chi connectivity index (χ1n) is 7.47. The summed E-state index contributed by atoms with van der Waals surface area (Å²) in [4.78, 5) is 2.62. The highest BCUT2D eigenvalue weighted by Gasteiger charge is 2.40. The minimum atomic E-state index is 0.275. The Bertz CT molecular complexity index is 423. The molecule has 0 radical (unpaired) electrons. The Hall–Kier alpha value is -0.290. The number of hydrogen-bond donors (Lipinski definition) is 0. The van der Waals surface area contributed by atoms with Gasteiger partial charge in [0, 0.05) is 21.2 Å². The Labute approximate surface area is 137 Å². The first-order chi connectivity index (χ1) is 9.31. The van der Waals surface area contributed by atoms with Crippen molar-refractivity contribution in [2.24, 2.45) is 0 Å². The van der Waals surface area contributed by atoms with Crippen LogP contribution in [0.3, 0.4) is 0 Å². The van der Waals surface area contributed by atoms with Crippen molar-refractivity contribution in [3.63, 3.8) is 0 Å². The minimum absolute atomic E-state index is 0.275. The van der Waals surface area contributed by atoms with Gasteiger partial charge in [-0.1, -0.05) is 0 Å². The second kappa shape index (κ2) is 6.22.